The maximum Gasteiger partial charge on any atom is 0.0843 e. The monoisotopic (exact) mass is 394 g/mol. The highest BCUT2D eigenvalue weighted by Gasteiger charge is 2.17. The van der Waals surface area contributed by atoms with Crippen molar-refractivity contribution in [2.45, 2.75) is 26.3 Å². The van der Waals surface area contributed by atoms with E-state index in [1.807, 2.05) is 0 Å². The van der Waals surface area contributed by atoms with Crippen LogP contribution in [0.4, 0.5) is 0 Å². The van der Waals surface area contributed by atoms with Crippen LogP contribution in [0.5, 0.6) is 0 Å². The van der Waals surface area contributed by atoms with E-state index < -0.39 is 0 Å². The van der Waals surface area contributed by atoms with Crippen LogP contribution in [0.1, 0.15) is 24.6 Å². The maximum atomic E-state index is 3.60. The predicted octanol–water partition coefficient (Wildman–Crippen LogP) is 4.09. The van der Waals surface area contributed by atoms with Crippen molar-refractivity contribution in [3.05, 3.63) is 19.2 Å². The van der Waals surface area contributed by atoms with Gasteiger partial charge in [0.2, 0.25) is 0 Å². The molecule has 2 heterocycles. The molecule has 0 unspecified atom stereocenters. The molecule has 1 aromatic heterocycles. The van der Waals surface area contributed by atoms with E-state index in [0.717, 1.165) is 19.0 Å². The first-order valence-corrected chi connectivity index (χ1v) is 8.96. The highest BCUT2D eigenvalue weighted by molar-refractivity contribution is 9.13. The Bertz CT molecular complexity index is 354. The lowest BCUT2D eigenvalue weighted by Crippen LogP contribution is -2.36. The summed E-state index contributed by atoms with van der Waals surface area (Å²) in [4.78, 5) is 3.93. The van der Waals surface area contributed by atoms with Gasteiger partial charge in [-0.2, -0.15) is 0 Å². The molecule has 0 saturated carbocycles. The fourth-order valence-electron chi connectivity index (χ4n) is 2.38. The van der Waals surface area contributed by atoms with Crippen molar-refractivity contribution >= 4 is 43.2 Å². The number of piperidine rings is 1. The molecule has 1 saturated heterocycles. The predicted molar refractivity (Wildman–Crippen MR) is 86.3 cm³/mol. The zero-order valence-electron chi connectivity index (χ0n) is 10.7. The largest absolute Gasteiger partial charge is 0.312 e. The maximum absolute atomic E-state index is 3.60. The zero-order chi connectivity index (χ0) is 13.0. The van der Waals surface area contributed by atoms with Crippen molar-refractivity contribution in [2.75, 3.05) is 26.2 Å². The molecule has 102 valence electrons. The Kier molecular flexibility index (Phi) is 6.15. The topological polar surface area (TPSA) is 15.3 Å². The Balaban J connectivity index is 1.67. The molecule has 1 aliphatic heterocycles. The van der Waals surface area contributed by atoms with Crippen LogP contribution in [-0.4, -0.2) is 31.1 Å². The average molecular weight is 396 g/mol. The van der Waals surface area contributed by atoms with Crippen LogP contribution in [0.2, 0.25) is 0 Å². The van der Waals surface area contributed by atoms with Gasteiger partial charge in [-0.05, 0) is 82.9 Å². The van der Waals surface area contributed by atoms with Gasteiger partial charge in [-0.25, -0.2) is 0 Å². The lowest BCUT2D eigenvalue weighted by atomic mass is 9.97. The average Bonchev–Trinajstić information content (AvgIpc) is 2.69. The van der Waals surface area contributed by atoms with Gasteiger partial charge in [0.05, 0.1) is 3.79 Å². The molecule has 0 spiro atoms. The first kappa shape index (κ1) is 15.0. The van der Waals surface area contributed by atoms with Crippen LogP contribution in [0.3, 0.4) is 0 Å². The Hall–Kier alpha value is 0.580. The van der Waals surface area contributed by atoms with Crippen LogP contribution in [0.25, 0.3) is 0 Å². The summed E-state index contributed by atoms with van der Waals surface area (Å²) in [7, 11) is 0. The SMILES string of the molecule is CCN1CCC(CNCc2cc(Br)c(Br)s2)CC1. The smallest absolute Gasteiger partial charge is 0.0843 e. The van der Waals surface area contributed by atoms with E-state index in [1.165, 1.54) is 45.6 Å². The van der Waals surface area contributed by atoms with E-state index in [4.69, 9.17) is 0 Å². The minimum Gasteiger partial charge on any atom is -0.312 e. The lowest BCUT2D eigenvalue weighted by molar-refractivity contribution is 0.190. The Morgan fingerprint density at radius 2 is 2.11 bits per heavy atom. The summed E-state index contributed by atoms with van der Waals surface area (Å²) in [5.41, 5.74) is 0. The van der Waals surface area contributed by atoms with Gasteiger partial charge in [0.25, 0.3) is 0 Å². The molecule has 0 amide bonds. The normalized spacial score (nSPS) is 18.4. The molecule has 2 nitrogen and oxygen atoms in total. The van der Waals surface area contributed by atoms with Gasteiger partial charge in [-0.3, -0.25) is 0 Å². The van der Waals surface area contributed by atoms with Crippen molar-refractivity contribution in [3.63, 3.8) is 0 Å². The van der Waals surface area contributed by atoms with Gasteiger partial charge in [-0.1, -0.05) is 6.92 Å². The van der Waals surface area contributed by atoms with Crippen molar-refractivity contribution in [2.24, 2.45) is 5.92 Å². The summed E-state index contributed by atoms with van der Waals surface area (Å²) in [5.74, 6) is 0.861. The quantitative estimate of drug-likeness (QED) is 0.807. The van der Waals surface area contributed by atoms with E-state index in [2.05, 4.69) is 55.1 Å². The van der Waals surface area contributed by atoms with Crippen molar-refractivity contribution in [1.29, 1.82) is 0 Å². The third-order valence-electron chi connectivity index (χ3n) is 3.58. The minimum absolute atomic E-state index is 0.861. The molecule has 1 N–H and O–H groups in total. The Morgan fingerprint density at radius 3 is 2.67 bits per heavy atom. The lowest BCUT2D eigenvalue weighted by Gasteiger charge is -2.31. The van der Waals surface area contributed by atoms with Gasteiger partial charge < -0.3 is 10.2 Å². The van der Waals surface area contributed by atoms with Gasteiger partial charge in [0, 0.05) is 15.9 Å². The molecule has 0 atom stereocenters. The fourth-order valence-corrected chi connectivity index (χ4v) is 4.53. The van der Waals surface area contributed by atoms with Crippen LogP contribution in [0, 0.1) is 5.92 Å². The van der Waals surface area contributed by atoms with Crippen LogP contribution in [0.15, 0.2) is 14.3 Å². The number of thiophene rings is 1. The highest BCUT2D eigenvalue weighted by atomic mass is 79.9. The molecular formula is C13H20Br2N2S. The molecule has 2 rings (SSSR count). The molecule has 1 fully saturated rings. The summed E-state index contributed by atoms with van der Waals surface area (Å²) in [5, 5.41) is 3.60. The number of halogens is 2. The summed E-state index contributed by atoms with van der Waals surface area (Å²) < 4.78 is 2.36. The first-order valence-electron chi connectivity index (χ1n) is 6.55. The third-order valence-corrected chi connectivity index (χ3v) is 6.84. The van der Waals surface area contributed by atoms with Crippen LogP contribution >= 0.6 is 43.2 Å². The van der Waals surface area contributed by atoms with E-state index in [9.17, 15) is 0 Å². The van der Waals surface area contributed by atoms with Gasteiger partial charge in [-0.15, -0.1) is 11.3 Å². The molecule has 0 radical (unpaired) electrons. The molecule has 0 aliphatic carbocycles. The second-order valence-electron chi connectivity index (χ2n) is 4.84. The third kappa shape index (κ3) is 4.30. The molecule has 0 bridgehead atoms. The number of hydrogen-bond donors (Lipinski definition) is 1. The fraction of sp³-hybridized carbons (Fsp3) is 0.692. The Labute approximate surface area is 130 Å². The number of hydrogen-bond acceptors (Lipinski definition) is 3. The van der Waals surface area contributed by atoms with Crippen molar-refractivity contribution in [1.82, 2.24) is 10.2 Å². The summed E-state index contributed by atoms with van der Waals surface area (Å²) in [6, 6.07) is 2.20. The molecule has 1 aromatic rings. The van der Waals surface area contributed by atoms with E-state index in [0.29, 0.717) is 0 Å². The molecule has 0 aromatic carbocycles. The number of nitrogens with zero attached hydrogens (tertiary/aromatic N) is 1. The highest BCUT2D eigenvalue weighted by Crippen LogP contribution is 2.32. The van der Waals surface area contributed by atoms with Gasteiger partial charge in [0.15, 0.2) is 0 Å². The first-order chi connectivity index (χ1) is 8.69. The van der Waals surface area contributed by atoms with Gasteiger partial charge in [0.1, 0.15) is 0 Å². The number of likely N-dealkylation sites (tertiary alicyclic amines) is 1. The van der Waals surface area contributed by atoms with Crippen molar-refractivity contribution < 1.29 is 0 Å². The summed E-state index contributed by atoms with van der Waals surface area (Å²) >= 11 is 8.87. The second kappa shape index (κ2) is 7.39. The molecule has 1 aliphatic rings. The van der Waals surface area contributed by atoms with E-state index in [-0.39, 0.29) is 0 Å². The van der Waals surface area contributed by atoms with E-state index >= 15 is 0 Å². The van der Waals surface area contributed by atoms with Gasteiger partial charge >= 0.3 is 0 Å². The van der Waals surface area contributed by atoms with Crippen molar-refractivity contribution in [3.8, 4) is 0 Å². The Morgan fingerprint density at radius 1 is 1.39 bits per heavy atom. The minimum atomic E-state index is 0.861. The number of rotatable bonds is 5. The molecule has 5 heteroatoms. The zero-order valence-corrected chi connectivity index (χ0v) is 14.7. The van der Waals surface area contributed by atoms with Crippen LogP contribution in [-0.2, 0) is 6.54 Å². The second-order valence-corrected chi connectivity index (χ2v) is 8.15. The number of nitrogens with one attached hydrogen (secondary N) is 1. The summed E-state index contributed by atoms with van der Waals surface area (Å²) in [6.07, 6.45) is 2.69. The molecular weight excluding hydrogens is 376 g/mol. The summed E-state index contributed by atoms with van der Waals surface area (Å²) in [6.45, 7) is 8.16. The standard InChI is InChI=1S/C13H20Br2N2S/c1-2-17-5-3-10(4-6-17)8-16-9-11-7-12(14)13(15)18-11/h7,10,16H,2-6,8-9H2,1H3. The molecule has 18 heavy (non-hydrogen) atoms. The van der Waals surface area contributed by atoms with E-state index in [1.54, 1.807) is 11.3 Å². The van der Waals surface area contributed by atoms with Crippen LogP contribution < -0.4 is 5.32 Å².